The Labute approximate surface area is 173 Å². The van der Waals surface area contributed by atoms with Crippen molar-refractivity contribution in [2.45, 2.75) is 6.54 Å². The van der Waals surface area contributed by atoms with Gasteiger partial charge in [0.1, 0.15) is 28.5 Å². The van der Waals surface area contributed by atoms with Crippen molar-refractivity contribution in [1.82, 2.24) is 24.7 Å². The summed E-state index contributed by atoms with van der Waals surface area (Å²) in [5.41, 5.74) is 12.4. The zero-order valence-corrected chi connectivity index (χ0v) is 16.1. The van der Waals surface area contributed by atoms with E-state index in [1.165, 1.54) is 36.2 Å². The molecule has 158 valence electrons. The van der Waals surface area contributed by atoms with E-state index in [0.29, 0.717) is 5.39 Å². The predicted octanol–water partition coefficient (Wildman–Crippen LogP) is 2.56. The van der Waals surface area contributed by atoms with Gasteiger partial charge in [-0.15, -0.1) is 0 Å². The van der Waals surface area contributed by atoms with Crippen LogP contribution in [0.4, 0.5) is 30.9 Å². The summed E-state index contributed by atoms with van der Waals surface area (Å²) in [7, 11) is 1.18. The number of fused-ring (bicyclic) bond motifs is 1. The highest BCUT2D eigenvalue weighted by atomic mass is 19.1. The molecule has 0 spiro atoms. The van der Waals surface area contributed by atoms with Gasteiger partial charge in [0.2, 0.25) is 0 Å². The molecular weight excluding hydrogens is 410 g/mol. The number of hydrogen-bond acceptors (Lipinski definition) is 8. The van der Waals surface area contributed by atoms with E-state index in [0.717, 1.165) is 6.20 Å². The number of hydrogen-bond donors (Lipinski definition) is 3. The number of anilines is 3. The maximum Gasteiger partial charge on any atom is 0.411 e. The average Bonchev–Trinajstić information content (AvgIpc) is 3.12. The lowest BCUT2D eigenvalue weighted by atomic mass is 10.2. The summed E-state index contributed by atoms with van der Waals surface area (Å²) < 4.78 is 34.6. The molecule has 5 N–H and O–H groups in total. The molecule has 0 radical (unpaired) electrons. The number of methoxy groups -OCH3 is 1. The molecule has 0 fully saturated rings. The summed E-state index contributed by atoms with van der Waals surface area (Å²) in [4.78, 5) is 23.5. The van der Waals surface area contributed by atoms with Crippen LogP contribution in [0, 0.1) is 11.6 Å². The maximum absolute atomic E-state index is 14.7. The highest BCUT2D eigenvalue weighted by Crippen LogP contribution is 2.32. The minimum Gasteiger partial charge on any atom is -0.453 e. The highest BCUT2D eigenvalue weighted by Gasteiger charge is 2.21. The molecule has 12 heteroatoms. The minimum absolute atomic E-state index is 0.00923. The molecular formula is C19H16F2N8O2. The molecule has 4 rings (SSSR count). The fraction of sp³-hybridized carbons (Fsp3) is 0.105. The molecule has 0 aliphatic rings. The molecule has 0 bridgehead atoms. The fourth-order valence-corrected chi connectivity index (χ4v) is 3.05. The monoisotopic (exact) mass is 426 g/mol. The van der Waals surface area contributed by atoms with Crippen LogP contribution in [0.2, 0.25) is 0 Å². The Morgan fingerprint density at radius 3 is 2.58 bits per heavy atom. The first-order chi connectivity index (χ1) is 14.9. The van der Waals surface area contributed by atoms with Gasteiger partial charge >= 0.3 is 6.09 Å². The Morgan fingerprint density at radius 2 is 1.90 bits per heavy atom. The molecule has 0 aliphatic heterocycles. The van der Waals surface area contributed by atoms with E-state index in [2.05, 4.69) is 30.1 Å². The smallest absolute Gasteiger partial charge is 0.411 e. The normalized spacial score (nSPS) is 10.9. The van der Waals surface area contributed by atoms with Gasteiger partial charge in [-0.3, -0.25) is 15.0 Å². The Hall–Kier alpha value is -4.35. The minimum atomic E-state index is -0.800. The van der Waals surface area contributed by atoms with E-state index in [4.69, 9.17) is 11.5 Å². The van der Waals surface area contributed by atoms with E-state index < -0.39 is 17.7 Å². The van der Waals surface area contributed by atoms with Gasteiger partial charge < -0.3 is 16.2 Å². The molecule has 0 unspecified atom stereocenters. The van der Waals surface area contributed by atoms with Gasteiger partial charge in [-0.05, 0) is 12.1 Å². The lowest BCUT2D eigenvalue weighted by molar-refractivity contribution is 0.187. The van der Waals surface area contributed by atoms with Crippen LogP contribution in [-0.4, -0.2) is 37.9 Å². The van der Waals surface area contributed by atoms with E-state index >= 15 is 0 Å². The number of halogens is 2. The number of carbonyl (C=O) groups is 1. The second-order valence-electron chi connectivity index (χ2n) is 6.42. The van der Waals surface area contributed by atoms with Gasteiger partial charge in [0, 0.05) is 17.1 Å². The molecule has 4 aromatic rings. The maximum atomic E-state index is 14.7. The standard InChI is InChI=1S/C19H16F2N8O2/c1-31-19(30)25-14-16(22)26-18(27-17(14)23)13-10-3-2-4-11(20)15(10)29(28-13)8-9-5-6-24-7-12(9)21/h2-7H,8H2,1H3,(H,25,30)(H4,22,23,26,27). The molecule has 1 amide bonds. The van der Waals surface area contributed by atoms with Crippen molar-refractivity contribution in [1.29, 1.82) is 0 Å². The predicted molar refractivity (Wildman–Crippen MR) is 109 cm³/mol. The molecule has 3 heterocycles. The Bertz CT molecular complexity index is 1280. The topological polar surface area (TPSA) is 147 Å². The number of nitrogen functional groups attached to an aromatic ring is 2. The summed E-state index contributed by atoms with van der Waals surface area (Å²) in [5.74, 6) is -1.36. The van der Waals surface area contributed by atoms with Crippen LogP contribution in [0.3, 0.4) is 0 Å². The number of nitrogens with zero attached hydrogens (tertiary/aromatic N) is 5. The van der Waals surface area contributed by atoms with Crippen molar-refractivity contribution in [3.8, 4) is 11.5 Å². The van der Waals surface area contributed by atoms with Gasteiger partial charge in [-0.1, -0.05) is 12.1 Å². The number of ether oxygens (including phenoxy) is 1. The first-order valence-corrected chi connectivity index (χ1v) is 8.90. The number of para-hydroxylation sites is 1. The van der Waals surface area contributed by atoms with Crippen molar-refractivity contribution in [2.24, 2.45) is 0 Å². The summed E-state index contributed by atoms with van der Waals surface area (Å²) in [6.45, 7) is -0.0568. The Morgan fingerprint density at radius 1 is 1.16 bits per heavy atom. The van der Waals surface area contributed by atoms with Crippen LogP contribution < -0.4 is 16.8 Å². The number of carbonyl (C=O) groups excluding carboxylic acids is 1. The summed E-state index contributed by atoms with van der Waals surface area (Å²) in [5, 5.41) is 7.09. The summed E-state index contributed by atoms with van der Waals surface area (Å²) in [6.07, 6.45) is 1.69. The number of rotatable bonds is 4. The van der Waals surface area contributed by atoms with Gasteiger partial charge in [0.15, 0.2) is 17.5 Å². The molecule has 3 aromatic heterocycles. The third-order valence-corrected chi connectivity index (χ3v) is 4.49. The second kappa shape index (κ2) is 7.82. The van der Waals surface area contributed by atoms with E-state index in [-0.39, 0.29) is 46.5 Å². The van der Waals surface area contributed by atoms with Crippen molar-refractivity contribution in [3.63, 3.8) is 0 Å². The van der Waals surface area contributed by atoms with E-state index in [9.17, 15) is 13.6 Å². The summed E-state index contributed by atoms with van der Waals surface area (Å²) in [6, 6.07) is 5.86. The molecule has 31 heavy (non-hydrogen) atoms. The van der Waals surface area contributed by atoms with Crippen molar-refractivity contribution in [3.05, 3.63) is 53.9 Å². The molecule has 1 aromatic carbocycles. The highest BCUT2D eigenvalue weighted by molar-refractivity contribution is 5.95. The number of aromatic nitrogens is 5. The van der Waals surface area contributed by atoms with Crippen LogP contribution in [0.5, 0.6) is 0 Å². The molecule has 0 saturated carbocycles. The largest absolute Gasteiger partial charge is 0.453 e. The van der Waals surface area contributed by atoms with Gasteiger partial charge in [-0.2, -0.15) is 5.10 Å². The lowest BCUT2D eigenvalue weighted by Gasteiger charge is -2.10. The van der Waals surface area contributed by atoms with Crippen LogP contribution in [0.1, 0.15) is 5.56 Å². The molecule has 0 atom stereocenters. The zero-order valence-electron chi connectivity index (χ0n) is 16.1. The lowest BCUT2D eigenvalue weighted by Crippen LogP contribution is -2.16. The summed E-state index contributed by atoms with van der Waals surface area (Å²) >= 11 is 0. The molecule has 0 saturated heterocycles. The Kier molecular flexibility index (Phi) is 5.03. The van der Waals surface area contributed by atoms with Crippen molar-refractivity contribution in [2.75, 3.05) is 23.9 Å². The fourth-order valence-electron chi connectivity index (χ4n) is 3.05. The van der Waals surface area contributed by atoms with Crippen LogP contribution >= 0.6 is 0 Å². The van der Waals surface area contributed by atoms with E-state index in [1.807, 2.05) is 0 Å². The van der Waals surface area contributed by atoms with E-state index in [1.54, 1.807) is 6.07 Å². The van der Waals surface area contributed by atoms with Gasteiger partial charge in [0.25, 0.3) is 0 Å². The van der Waals surface area contributed by atoms with Crippen LogP contribution in [-0.2, 0) is 11.3 Å². The van der Waals surface area contributed by atoms with Crippen molar-refractivity contribution < 1.29 is 18.3 Å². The second-order valence-corrected chi connectivity index (χ2v) is 6.42. The first kappa shape index (κ1) is 19.9. The number of nitrogens with one attached hydrogen (secondary N) is 1. The zero-order chi connectivity index (χ0) is 22.1. The van der Waals surface area contributed by atoms with Gasteiger partial charge in [-0.25, -0.2) is 23.5 Å². The van der Waals surface area contributed by atoms with Crippen LogP contribution in [0.25, 0.3) is 22.4 Å². The number of pyridine rings is 1. The Balaban J connectivity index is 1.85. The number of nitrogens with two attached hydrogens (primary N) is 2. The SMILES string of the molecule is COC(=O)Nc1c(N)nc(-c2nn(Cc3ccncc3F)c3c(F)cccc23)nc1N. The first-order valence-electron chi connectivity index (χ1n) is 8.90. The van der Waals surface area contributed by atoms with Crippen molar-refractivity contribution >= 4 is 34.3 Å². The molecule has 0 aliphatic carbocycles. The average molecular weight is 426 g/mol. The van der Waals surface area contributed by atoms with Crippen LogP contribution in [0.15, 0.2) is 36.7 Å². The third kappa shape index (κ3) is 3.66. The quantitative estimate of drug-likeness (QED) is 0.451. The third-order valence-electron chi connectivity index (χ3n) is 4.49. The number of benzene rings is 1. The number of amides is 1. The van der Waals surface area contributed by atoms with Gasteiger partial charge in [0.05, 0.1) is 19.9 Å². The molecule has 10 nitrogen and oxygen atoms in total.